The number of benzene rings is 2. The van der Waals surface area contributed by atoms with Crippen molar-refractivity contribution in [2.75, 3.05) is 13.1 Å². The van der Waals surface area contributed by atoms with Gasteiger partial charge in [0.2, 0.25) is 11.8 Å². The largest absolute Gasteiger partial charge is 0.336 e. The maximum atomic E-state index is 13.7. The molecule has 3 aromatic rings. The predicted octanol–water partition coefficient (Wildman–Crippen LogP) is 5.27. The Kier molecular flexibility index (Phi) is 9.06. The third kappa shape index (κ3) is 6.43. The standard InChI is InChI=1S/C29H34Cl2N4O2/c1-3-4-9-27-29(37)34(13-12-20-10-11-23(30)24(31)15-20)19(2)18-35(27)28(36)25(32)16-21-14-22-7-5-6-8-26(22)33-17-21/h5-8,10-11,14-15,17,19,25,27H,3-4,9,12-13,16,18,32H2,1-2H3/t19-,25?,27+/m1/s1. The van der Waals surface area contributed by atoms with Crippen molar-refractivity contribution >= 4 is 45.9 Å². The number of halogens is 2. The first kappa shape index (κ1) is 27.4. The fourth-order valence-corrected chi connectivity index (χ4v) is 5.35. The fourth-order valence-electron chi connectivity index (χ4n) is 5.03. The van der Waals surface area contributed by atoms with Gasteiger partial charge in [-0.1, -0.05) is 67.2 Å². The van der Waals surface area contributed by atoms with Crippen LogP contribution in [0.25, 0.3) is 10.9 Å². The topological polar surface area (TPSA) is 79.5 Å². The zero-order valence-electron chi connectivity index (χ0n) is 21.4. The van der Waals surface area contributed by atoms with Gasteiger partial charge in [0.25, 0.3) is 0 Å². The molecule has 0 aliphatic carbocycles. The molecule has 1 unspecified atom stereocenters. The molecule has 37 heavy (non-hydrogen) atoms. The first-order valence-corrected chi connectivity index (χ1v) is 13.7. The molecule has 0 spiro atoms. The maximum absolute atomic E-state index is 13.7. The summed E-state index contributed by atoms with van der Waals surface area (Å²) in [5.41, 5.74) is 9.26. The van der Waals surface area contributed by atoms with Crippen LogP contribution in [-0.4, -0.2) is 57.8 Å². The van der Waals surface area contributed by atoms with Crippen molar-refractivity contribution in [3.63, 3.8) is 0 Å². The molecule has 2 heterocycles. The van der Waals surface area contributed by atoms with Gasteiger partial charge in [-0.15, -0.1) is 0 Å². The number of unbranched alkanes of at least 4 members (excludes halogenated alkanes) is 1. The molecule has 4 rings (SSSR count). The summed E-state index contributed by atoms with van der Waals surface area (Å²) in [5, 5.41) is 2.03. The van der Waals surface area contributed by atoms with Crippen molar-refractivity contribution < 1.29 is 9.59 Å². The molecule has 0 bridgehead atoms. The number of nitrogens with zero attached hydrogens (tertiary/aromatic N) is 3. The van der Waals surface area contributed by atoms with E-state index in [1.54, 1.807) is 17.2 Å². The Morgan fingerprint density at radius 1 is 1.14 bits per heavy atom. The molecule has 0 saturated carbocycles. The zero-order valence-corrected chi connectivity index (χ0v) is 22.9. The highest BCUT2D eigenvalue weighted by Gasteiger charge is 2.41. The summed E-state index contributed by atoms with van der Waals surface area (Å²) in [6.45, 7) is 5.09. The number of para-hydroxylation sites is 1. The molecule has 1 aromatic heterocycles. The van der Waals surface area contributed by atoms with Crippen molar-refractivity contribution in [1.29, 1.82) is 0 Å². The Bertz CT molecular complexity index is 1270. The molecule has 3 atom stereocenters. The van der Waals surface area contributed by atoms with Crippen LogP contribution in [0.2, 0.25) is 10.0 Å². The van der Waals surface area contributed by atoms with E-state index in [1.807, 2.05) is 54.3 Å². The van der Waals surface area contributed by atoms with E-state index in [0.29, 0.717) is 42.4 Å². The minimum absolute atomic E-state index is 0.0137. The second-order valence-corrected chi connectivity index (χ2v) is 10.7. The highest BCUT2D eigenvalue weighted by Crippen LogP contribution is 2.25. The number of amides is 2. The number of aromatic nitrogens is 1. The SMILES string of the molecule is CCCC[C@H]1C(=O)N(CCc2ccc(Cl)c(Cl)c2)[C@H](C)CN1C(=O)C(N)Cc1cnc2ccccc2c1. The van der Waals surface area contributed by atoms with Gasteiger partial charge in [-0.2, -0.15) is 0 Å². The van der Waals surface area contributed by atoms with E-state index in [1.165, 1.54) is 0 Å². The van der Waals surface area contributed by atoms with Crippen LogP contribution < -0.4 is 5.73 Å². The van der Waals surface area contributed by atoms with E-state index in [-0.39, 0.29) is 17.9 Å². The van der Waals surface area contributed by atoms with E-state index >= 15 is 0 Å². The quantitative estimate of drug-likeness (QED) is 0.400. The van der Waals surface area contributed by atoms with Crippen LogP contribution in [0.4, 0.5) is 0 Å². The highest BCUT2D eigenvalue weighted by atomic mass is 35.5. The van der Waals surface area contributed by atoms with E-state index in [9.17, 15) is 9.59 Å². The van der Waals surface area contributed by atoms with Crippen LogP contribution in [0.5, 0.6) is 0 Å². The van der Waals surface area contributed by atoms with E-state index < -0.39 is 12.1 Å². The van der Waals surface area contributed by atoms with Crippen LogP contribution in [0.1, 0.15) is 44.2 Å². The van der Waals surface area contributed by atoms with Crippen LogP contribution >= 0.6 is 23.2 Å². The molecule has 1 saturated heterocycles. The third-order valence-corrected chi connectivity index (χ3v) is 7.84. The van der Waals surface area contributed by atoms with Gasteiger partial charge in [0.15, 0.2) is 0 Å². The predicted molar refractivity (Wildman–Crippen MR) is 150 cm³/mol. The van der Waals surface area contributed by atoms with E-state index in [0.717, 1.165) is 34.9 Å². The molecule has 8 heteroatoms. The summed E-state index contributed by atoms with van der Waals surface area (Å²) in [7, 11) is 0. The minimum Gasteiger partial charge on any atom is -0.336 e. The molecule has 2 amide bonds. The number of hydrogen-bond donors (Lipinski definition) is 1. The van der Waals surface area contributed by atoms with Crippen molar-refractivity contribution in [1.82, 2.24) is 14.8 Å². The fraction of sp³-hybridized carbons (Fsp3) is 0.414. The molecule has 2 aromatic carbocycles. The highest BCUT2D eigenvalue weighted by molar-refractivity contribution is 6.42. The Balaban J connectivity index is 1.47. The van der Waals surface area contributed by atoms with Crippen LogP contribution in [0.3, 0.4) is 0 Å². The lowest BCUT2D eigenvalue weighted by molar-refractivity contribution is -0.155. The molecule has 1 fully saturated rings. The molecule has 2 N–H and O–H groups in total. The van der Waals surface area contributed by atoms with Crippen molar-refractivity contribution in [2.24, 2.45) is 5.73 Å². The summed E-state index contributed by atoms with van der Waals surface area (Å²) in [6, 6.07) is 14.1. The Labute approximate surface area is 228 Å². The first-order chi connectivity index (χ1) is 17.8. The van der Waals surface area contributed by atoms with Gasteiger partial charge in [-0.25, -0.2) is 0 Å². The summed E-state index contributed by atoms with van der Waals surface area (Å²) < 4.78 is 0. The van der Waals surface area contributed by atoms with Gasteiger partial charge in [-0.05, 0) is 61.6 Å². The lowest BCUT2D eigenvalue weighted by atomic mass is 9.97. The van der Waals surface area contributed by atoms with E-state index in [4.69, 9.17) is 28.9 Å². The first-order valence-electron chi connectivity index (χ1n) is 12.9. The maximum Gasteiger partial charge on any atom is 0.245 e. The molecular formula is C29H34Cl2N4O2. The van der Waals surface area contributed by atoms with Gasteiger partial charge < -0.3 is 15.5 Å². The Hall–Kier alpha value is -2.67. The number of piperazine rings is 1. The molecule has 1 aliphatic heterocycles. The van der Waals surface area contributed by atoms with Gasteiger partial charge in [0.1, 0.15) is 6.04 Å². The Morgan fingerprint density at radius 3 is 2.68 bits per heavy atom. The van der Waals surface area contributed by atoms with Crippen molar-refractivity contribution in [3.05, 3.63) is 75.9 Å². The smallest absolute Gasteiger partial charge is 0.245 e. The average Bonchev–Trinajstić information content (AvgIpc) is 2.89. The molecular weight excluding hydrogens is 507 g/mol. The molecule has 6 nitrogen and oxygen atoms in total. The van der Waals surface area contributed by atoms with E-state index in [2.05, 4.69) is 11.9 Å². The van der Waals surface area contributed by atoms with Crippen molar-refractivity contribution in [3.8, 4) is 0 Å². The molecule has 0 radical (unpaired) electrons. The number of carbonyl (C=O) groups excluding carboxylic acids is 2. The van der Waals surface area contributed by atoms with Crippen LogP contribution in [0, 0.1) is 0 Å². The number of fused-ring (bicyclic) bond motifs is 1. The summed E-state index contributed by atoms with van der Waals surface area (Å²) in [4.78, 5) is 35.3. The Morgan fingerprint density at radius 2 is 1.92 bits per heavy atom. The van der Waals surface area contributed by atoms with Gasteiger partial charge in [0, 0.05) is 30.7 Å². The summed E-state index contributed by atoms with van der Waals surface area (Å²) in [6.07, 6.45) is 5.24. The monoisotopic (exact) mass is 540 g/mol. The number of nitrogens with two attached hydrogens (primary N) is 1. The zero-order chi connectivity index (χ0) is 26.5. The van der Waals surface area contributed by atoms with Gasteiger partial charge in [0.05, 0.1) is 21.6 Å². The van der Waals surface area contributed by atoms with Crippen molar-refractivity contribution in [2.45, 2.75) is 64.1 Å². The number of rotatable bonds is 9. The second kappa shape index (κ2) is 12.2. The van der Waals surface area contributed by atoms with Crippen LogP contribution in [0.15, 0.2) is 54.7 Å². The third-order valence-electron chi connectivity index (χ3n) is 7.10. The molecule has 1 aliphatic rings. The minimum atomic E-state index is -0.741. The summed E-state index contributed by atoms with van der Waals surface area (Å²) in [5.74, 6) is -0.196. The number of hydrogen-bond acceptors (Lipinski definition) is 4. The van der Waals surface area contributed by atoms with Gasteiger partial charge >= 0.3 is 0 Å². The summed E-state index contributed by atoms with van der Waals surface area (Å²) >= 11 is 12.2. The number of pyridine rings is 1. The second-order valence-electron chi connectivity index (χ2n) is 9.87. The lowest BCUT2D eigenvalue weighted by Crippen LogP contribution is -2.64. The van der Waals surface area contributed by atoms with Crippen LogP contribution in [-0.2, 0) is 22.4 Å². The number of carbonyl (C=O) groups is 2. The molecule has 196 valence electrons. The normalized spacial score (nSPS) is 18.9. The average molecular weight is 542 g/mol. The van der Waals surface area contributed by atoms with Gasteiger partial charge in [-0.3, -0.25) is 14.6 Å². The lowest BCUT2D eigenvalue weighted by Gasteiger charge is -2.45.